The largest absolute Gasteiger partial charge is 0.490 e. The lowest BCUT2D eigenvalue weighted by atomic mass is 10.1. The summed E-state index contributed by atoms with van der Waals surface area (Å²) in [5, 5.41) is 1.04. The highest BCUT2D eigenvalue weighted by molar-refractivity contribution is 5.89. The molecule has 3 rings (SSSR count). The second-order valence-corrected chi connectivity index (χ2v) is 6.12. The van der Waals surface area contributed by atoms with E-state index in [2.05, 4.69) is 28.6 Å². The summed E-state index contributed by atoms with van der Waals surface area (Å²) in [5.74, 6) is 2.53. The van der Waals surface area contributed by atoms with Crippen LogP contribution in [0.5, 0.6) is 5.75 Å². The first kappa shape index (κ1) is 17.9. The molecule has 0 atom stereocenters. The van der Waals surface area contributed by atoms with E-state index in [0.29, 0.717) is 26.1 Å². The van der Waals surface area contributed by atoms with Crippen LogP contribution < -0.4 is 15.4 Å². The minimum absolute atomic E-state index is 0.498. The molecule has 0 spiro atoms. The highest BCUT2D eigenvalue weighted by Crippen LogP contribution is 2.25. The average Bonchev–Trinajstić information content (AvgIpc) is 2.66. The van der Waals surface area contributed by atoms with Crippen molar-refractivity contribution in [3.05, 3.63) is 72.6 Å². The summed E-state index contributed by atoms with van der Waals surface area (Å²) >= 11 is 0. The quantitative estimate of drug-likeness (QED) is 0.633. The van der Waals surface area contributed by atoms with Crippen molar-refractivity contribution in [2.75, 3.05) is 25.1 Å². The van der Waals surface area contributed by atoms with Gasteiger partial charge in [0, 0.05) is 25.4 Å². The van der Waals surface area contributed by atoms with E-state index in [-0.39, 0.29) is 0 Å². The van der Waals surface area contributed by atoms with Gasteiger partial charge in [0.05, 0.1) is 5.52 Å². The van der Waals surface area contributed by atoms with Crippen LogP contribution in [0.3, 0.4) is 0 Å². The van der Waals surface area contributed by atoms with Crippen molar-refractivity contribution in [3.8, 4) is 5.75 Å². The van der Waals surface area contributed by atoms with Crippen molar-refractivity contribution < 1.29 is 4.74 Å². The van der Waals surface area contributed by atoms with Gasteiger partial charge in [-0.25, -0.2) is 9.97 Å². The van der Waals surface area contributed by atoms with Gasteiger partial charge in [-0.3, -0.25) is 0 Å². The molecule has 0 saturated heterocycles. The number of nitrogens with zero attached hydrogens (tertiary/aromatic N) is 3. The summed E-state index contributed by atoms with van der Waals surface area (Å²) in [4.78, 5) is 11.5. The SMILES string of the molecule is C=CCOc1cccc(CN(C)c2nc(CCN)nc3ccccc23)c1. The summed E-state index contributed by atoms with van der Waals surface area (Å²) in [6.07, 6.45) is 2.40. The fourth-order valence-electron chi connectivity index (χ4n) is 2.88. The Morgan fingerprint density at radius 1 is 1.15 bits per heavy atom. The Labute approximate surface area is 154 Å². The predicted octanol–water partition coefficient (Wildman–Crippen LogP) is 3.33. The monoisotopic (exact) mass is 348 g/mol. The molecule has 0 saturated carbocycles. The van der Waals surface area contributed by atoms with E-state index in [0.717, 1.165) is 33.9 Å². The van der Waals surface area contributed by atoms with Crippen LogP contribution in [-0.2, 0) is 13.0 Å². The summed E-state index contributed by atoms with van der Waals surface area (Å²) in [5.41, 5.74) is 7.79. The lowest BCUT2D eigenvalue weighted by molar-refractivity contribution is 0.363. The molecule has 5 heteroatoms. The van der Waals surface area contributed by atoms with E-state index < -0.39 is 0 Å². The molecule has 1 aromatic heterocycles. The number of benzene rings is 2. The van der Waals surface area contributed by atoms with Crippen molar-refractivity contribution in [2.24, 2.45) is 5.73 Å². The molecule has 0 aliphatic heterocycles. The summed E-state index contributed by atoms with van der Waals surface area (Å²) in [6, 6.07) is 16.1. The number of para-hydroxylation sites is 1. The van der Waals surface area contributed by atoms with Gasteiger partial charge in [0.25, 0.3) is 0 Å². The van der Waals surface area contributed by atoms with Crippen LogP contribution in [0, 0.1) is 0 Å². The van der Waals surface area contributed by atoms with Gasteiger partial charge < -0.3 is 15.4 Å². The summed E-state index contributed by atoms with van der Waals surface area (Å²) < 4.78 is 5.63. The van der Waals surface area contributed by atoms with Gasteiger partial charge in [0.1, 0.15) is 24.0 Å². The molecule has 0 fully saturated rings. The third-order valence-corrected chi connectivity index (χ3v) is 4.04. The molecule has 0 aliphatic rings. The van der Waals surface area contributed by atoms with Crippen LogP contribution in [0.15, 0.2) is 61.2 Å². The molecule has 0 aliphatic carbocycles. The minimum Gasteiger partial charge on any atom is -0.490 e. The Morgan fingerprint density at radius 2 is 2.00 bits per heavy atom. The second kappa shape index (κ2) is 8.45. The van der Waals surface area contributed by atoms with Gasteiger partial charge in [-0.05, 0) is 36.4 Å². The average molecular weight is 348 g/mol. The molecular formula is C21H24N4O. The number of hydrogen-bond donors (Lipinski definition) is 1. The molecule has 2 N–H and O–H groups in total. The third kappa shape index (κ3) is 4.18. The Hall–Kier alpha value is -2.92. The Morgan fingerprint density at radius 3 is 2.81 bits per heavy atom. The predicted molar refractivity (Wildman–Crippen MR) is 107 cm³/mol. The zero-order valence-electron chi connectivity index (χ0n) is 15.1. The van der Waals surface area contributed by atoms with Crippen LogP contribution in [0.1, 0.15) is 11.4 Å². The zero-order chi connectivity index (χ0) is 18.4. The standard InChI is InChI=1S/C21H24N4O/c1-3-13-26-17-8-6-7-16(14-17)15-25(2)21-18-9-4-5-10-19(18)23-20(24-21)11-12-22/h3-10,14H,1,11-13,15,22H2,2H3. The van der Waals surface area contributed by atoms with Crippen molar-refractivity contribution in [1.29, 1.82) is 0 Å². The van der Waals surface area contributed by atoms with Gasteiger partial charge in [0.15, 0.2) is 0 Å². The minimum atomic E-state index is 0.498. The van der Waals surface area contributed by atoms with Gasteiger partial charge >= 0.3 is 0 Å². The lowest BCUT2D eigenvalue weighted by Gasteiger charge is -2.21. The van der Waals surface area contributed by atoms with E-state index in [1.165, 1.54) is 0 Å². The first-order valence-electron chi connectivity index (χ1n) is 8.70. The van der Waals surface area contributed by atoms with E-state index in [4.69, 9.17) is 15.5 Å². The summed E-state index contributed by atoms with van der Waals surface area (Å²) in [7, 11) is 2.04. The maximum Gasteiger partial charge on any atom is 0.140 e. The van der Waals surface area contributed by atoms with Gasteiger partial charge in [0.2, 0.25) is 0 Å². The number of anilines is 1. The van der Waals surface area contributed by atoms with Crippen molar-refractivity contribution in [3.63, 3.8) is 0 Å². The molecule has 0 unspecified atom stereocenters. The van der Waals surface area contributed by atoms with Gasteiger partial charge in [-0.15, -0.1) is 0 Å². The molecule has 0 bridgehead atoms. The number of rotatable bonds is 8. The van der Waals surface area contributed by atoms with E-state index in [9.17, 15) is 0 Å². The van der Waals surface area contributed by atoms with E-state index in [1.54, 1.807) is 6.08 Å². The second-order valence-electron chi connectivity index (χ2n) is 6.12. The van der Waals surface area contributed by atoms with Crippen molar-refractivity contribution >= 4 is 16.7 Å². The highest BCUT2D eigenvalue weighted by Gasteiger charge is 2.12. The van der Waals surface area contributed by atoms with Crippen LogP contribution in [0.4, 0.5) is 5.82 Å². The molecular weight excluding hydrogens is 324 g/mol. The Kier molecular flexibility index (Phi) is 5.81. The van der Waals surface area contributed by atoms with Crippen LogP contribution in [0.25, 0.3) is 10.9 Å². The topological polar surface area (TPSA) is 64.3 Å². The van der Waals surface area contributed by atoms with Gasteiger partial charge in [-0.2, -0.15) is 0 Å². The maximum atomic E-state index is 5.70. The van der Waals surface area contributed by atoms with Gasteiger partial charge in [-0.1, -0.05) is 36.9 Å². The van der Waals surface area contributed by atoms with Crippen LogP contribution in [-0.4, -0.2) is 30.2 Å². The number of fused-ring (bicyclic) bond motifs is 1. The Balaban J connectivity index is 1.89. The van der Waals surface area contributed by atoms with Crippen LogP contribution >= 0.6 is 0 Å². The third-order valence-electron chi connectivity index (χ3n) is 4.04. The molecule has 1 heterocycles. The molecule has 0 radical (unpaired) electrons. The van der Waals surface area contributed by atoms with E-state index >= 15 is 0 Å². The number of aromatic nitrogens is 2. The zero-order valence-corrected chi connectivity index (χ0v) is 15.1. The van der Waals surface area contributed by atoms with E-state index in [1.807, 2.05) is 43.4 Å². The first-order chi connectivity index (χ1) is 12.7. The smallest absolute Gasteiger partial charge is 0.140 e. The van der Waals surface area contributed by atoms with Crippen molar-refractivity contribution in [2.45, 2.75) is 13.0 Å². The summed E-state index contributed by atoms with van der Waals surface area (Å²) in [6.45, 7) is 5.43. The maximum absolute atomic E-state index is 5.70. The molecule has 3 aromatic rings. The number of nitrogens with two attached hydrogens (primary N) is 1. The first-order valence-corrected chi connectivity index (χ1v) is 8.70. The molecule has 0 amide bonds. The molecule has 26 heavy (non-hydrogen) atoms. The fourth-order valence-corrected chi connectivity index (χ4v) is 2.88. The fraction of sp³-hybridized carbons (Fsp3) is 0.238. The normalized spacial score (nSPS) is 10.7. The number of ether oxygens (including phenoxy) is 1. The molecule has 134 valence electrons. The lowest BCUT2D eigenvalue weighted by Crippen LogP contribution is -2.20. The molecule has 5 nitrogen and oxygen atoms in total. The van der Waals surface area contributed by atoms with Crippen LogP contribution in [0.2, 0.25) is 0 Å². The molecule has 2 aromatic carbocycles. The highest BCUT2D eigenvalue weighted by atomic mass is 16.5. The van der Waals surface area contributed by atoms with Crippen molar-refractivity contribution in [1.82, 2.24) is 9.97 Å². The number of hydrogen-bond acceptors (Lipinski definition) is 5. The Bertz CT molecular complexity index is 894.